The summed E-state index contributed by atoms with van der Waals surface area (Å²) in [4.78, 5) is 0.0534. The predicted octanol–water partition coefficient (Wildman–Crippen LogP) is 2.07. The molecule has 0 saturated heterocycles. The fourth-order valence-electron chi connectivity index (χ4n) is 1.98. The van der Waals surface area contributed by atoms with Crippen molar-refractivity contribution >= 4 is 10.0 Å². The molecule has 2 rings (SSSR count). The van der Waals surface area contributed by atoms with Gasteiger partial charge in [0.25, 0.3) is 0 Å². The van der Waals surface area contributed by atoms with Gasteiger partial charge in [0.1, 0.15) is 5.82 Å². The monoisotopic (exact) mass is 300 g/mol. The summed E-state index contributed by atoms with van der Waals surface area (Å²) in [6.07, 6.45) is 2.69. The molecule has 20 heavy (non-hydrogen) atoms. The first kappa shape index (κ1) is 15.4. The van der Waals surface area contributed by atoms with Crippen molar-refractivity contribution in [3.8, 4) is 0 Å². The van der Waals surface area contributed by atoms with Gasteiger partial charge in [-0.15, -0.1) is 0 Å². The van der Waals surface area contributed by atoms with Gasteiger partial charge in [0.15, 0.2) is 0 Å². The smallest absolute Gasteiger partial charge is 0.241 e. The van der Waals surface area contributed by atoms with E-state index in [1.54, 1.807) is 6.07 Å². The Kier molecular flexibility index (Phi) is 4.78. The zero-order valence-electron chi connectivity index (χ0n) is 11.9. The van der Waals surface area contributed by atoms with Crippen molar-refractivity contribution in [3.05, 3.63) is 29.1 Å². The van der Waals surface area contributed by atoms with Crippen molar-refractivity contribution in [2.24, 2.45) is 0 Å². The zero-order chi connectivity index (χ0) is 14.8. The second-order valence-electron chi connectivity index (χ2n) is 5.27. The van der Waals surface area contributed by atoms with Crippen LogP contribution in [0.5, 0.6) is 0 Å². The summed E-state index contributed by atoms with van der Waals surface area (Å²) in [6.45, 7) is 4.83. The van der Waals surface area contributed by atoms with Crippen molar-refractivity contribution in [1.82, 2.24) is 10.0 Å². The summed E-state index contributed by atoms with van der Waals surface area (Å²) in [5.74, 6) is -0.475. The Morgan fingerprint density at radius 1 is 1.35 bits per heavy atom. The van der Waals surface area contributed by atoms with Crippen molar-refractivity contribution in [1.29, 1.82) is 0 Å². The normalized spacial score (nSPS) is 15.6. The van der Waals surface area contributed by atoms with E-state index >= 15 is 0 Å². The average Bonchev–Trinajstić information content (AvgIpc) is 3.16. The highest BCUT2D eigenvalue weighted by atomic mass is 32.2. The molecule has 0 unspecified atom stereocenters. The number of rotatable bonds is 7. The minimum Gasteiger partial charge on any atom is -0.313 e. The summed E-state index contributed by atoms with van der Waals surface area (Å²) >= 11 is 0. The quantitative estimate of drug-likeness (QED) is 0.758. The number of hydrogen-bond donors (Lipinski definition) is 2. The van der Waals surface area contributed by atoms with E-state index in [-0.39, 0.29) is 16.5 Å². The zero-order valence-corrected chi connectivity index (χ0v) is 12.7. The summed E-state index contributed by atoms with van der Waals surface area (Å²) in [5.41, 5.74) is 0.829. The van der Waals surface area contributed by atoms with Crippen LogP contribution in [0.25, 0.3) is 0 Å². The molecule has 1 aliphatic rings. The van der Waals surface area contributed by atoms with E-state index in [2.05, 4.69) is 10.0 Å². The number of hydrogen-bond acceptors (Lipinski definition) is 3. The topological polar surface area (TPSA) is 58.2 Å². The minimum absolute atomic E-state index is 0.0179. The maximum Gasteiger partial charge on any atom is 0.241 e. The lowest BCUT2D eigenvalue weighted by Gasteiger charge is -2.12. The van der Waals surface area contributed by atoms with Crippen LogP contribution in [0.3, 0.4) is 0 Å². The maximum atomic E-state index is 13.9. The largest absolute Gasteiger partial charge is 0.313 e. The first-order valence-electron chi connectivity index (χ1n) is 6.96. The Balaban J connectivity index is 2.26. The molecule has 0 aromatic heterocycles. The highest BCUT2D eigenvalue weighted by Crippen LogP contribution is 2.25. The second-order valence-corrected chi connectivity index (χ2v) is 6.96. The maximum absolute atomic E-state index is 13.9. The molecule has 4 nitrogen and oxygen atoms in total. The number of halogens is 1. The van der Waals surface area contributed by atoms with Crippen LogP contribution in [0.1, 0.15) is 37.3 Å². The summed E-state index contributed by atoms with van der Waals surface area (Å²) in [5, 5.41) is 3.15. The van der Waals surface area contributed by atoms with Crippen LogP contribution in [0.4, 0.5) is 4.39 Å². The summed E-state index contributed by atoms with van der Waals surface area (Å²) < 4.78 is 41.0. The van der Waals surface area contributed by atoms with Gasteiger partial charge in [-0.2, -0.15) is 0 Å². The Morgan fingerprint density at radius 2 is 2.05 bits per heavy atom. The molecule has 1 saturated carbocycles. The van der Waals surface area contributed by atoms with Gasteiger partial charge in [-0.1, -0.05) is 6.92 Å². The average molecular weight is 300 g/mol. The highest BCUT2D eigenvalue weighted by Gasteiger charge is 2.29. The lowest BCUT2D eigenvalue weighted by Crippen LogP contribution is -2.27. The van der Waals surface area contributed by atoms with Gasteiger partial charge in [-0.25, -0.2) is 17.5 Å². The highest BCUT2D eigenvalue weighted by molar-refractivity contribution is 7.89. The molecule has 0 aliphatic heterocycles. The molecular weight excluding hydrogens is 279 g/mol. The van der Waals surface area contributed by atoms with Crippen LogP contribution in [-0.2, 0) is 16.6 Å². The number of sulfonamides is 1. The van der Waals surface area contributed by atoms with Crippen molar-refractivity contribution in [2.75, 3.05) is 6.54 Å². The Morgan fingerprint density at radius 3 is 2.65 bits per heavy atom. The van der Waals surface area contributed by atoms with E-state index in [4.69, 9.17) is 0 Å². The molecule has 0 radical (unpaired) electrons. The molecule has 112 valence electrons. The van der Waals surface area contributed by atoms with E-state index < -0.39 is 15.8 Å². The molecule has 0 heterocycles. The van der Waals surface area contributed by atoms with Crippen LogP contribution in [-0.4, -0.2) is 21.0 Å². The Labute approximate surface area is 119 Å². The Hall–Kier alpha value is -0.980. The third-order valence-electron chi connectivity index (χ3n) is 3.30. The van der Waals surface area contributed by atoms with Crippen LogP contribution in [0.2, 0.25) is 0 Å². The molecule has 0 spiro atoms. The van der Waals surface area contributed by atoms with Crippen molar-refractivity contribution in [2.45, 2.75) is 50.6 Å². The molecule has 6 heteroatoms. The van der Waals surface area contributed by atoms with Gasteiger partial charge in [0, 0.05) is 18.2 Å². The number of nitrogens with one attached hydrogen (secondary N) is 2. The SMILES string of the molecule is CCCNCc1cc(F)c(C)c(S(=O)(=O)NC2CC2)c1. The third-order valence-corrected chi connectivity index (χ3v) is 4.95. The van der Waals surface area contributed by atoms with E-state index in [1.807, 2.05) is 6.92 Å². The summed E-state index contributed by atoms with van der Waals surface area (Å²) in [7, 11) is -3.62. The van der Waals surface area contributed by atoms with E-state index in [0.29, 0.717) is 12.1 Å². The van der Waals surface area contributed by atoms with Crippen LogP contribution in [0.15, 0.2) is 17.0 Å². The van der Waals surface area contributed by atoms with E-state index in [1.165, 1.54) is 13.0 Å². The van der Waals surface area contributed by atoms with Gasteiger partial charge in [-0.3, -0.25) is 0 Å². The molecule has 1 aromatic rings. The molecule has 0 bridgehead atoms. The molecule has 1 aliphatic carbocycles. The van der Waals surface area contributed by atoms with Gasteiger partial charge in [-0.05, 0) is 50.4 Å². The first-order valence-corrected chi connectivity index (χ1v) is 8.44. The third kappa shape index (κ3) is 3.77. The lowest BCUT2D eigenvalue weighted by atomic mass is 10.1. The van der Waals surface area contributed by atoms with Gasteiger partial charge < -0.3 is 5.32 Å². The van der Waals surface area contributed by atoms with E-state index in [9.17, 15) is 12.8 Å². The van der Waals surface area contributed by atoms with Crippen LogP contribution >= 0.6 is 0 Å². The molecule has 0 atom stereocenters. The van der Waals surface area contributed by atoms with Crippen molar-refractivity contribution in [3.63, 3.8) is 0 Å². The Bertz CT molecular complexity index is 583. The molecular formula is C14H21FN2O2S. The standard InChI is InChI=1S/C14H21FN2O2S/c1-3-6-16-9-11-7-13(15)10(2)14(8-11)20(18,19)17-12-4-5-12/h7-8,12,16-17H,3-6,9H2,1-2H3. The predicted molar refractivity (Wildman–Crippen MR) is 76.5 cm³/mol. The van der Waals surface area contributed by atoms with E-state index in [0.717, 1.165) is 25.8 Å². The van der Waals surface area contributed by atoms with Gasteiger partial charge in [0.2, 0.25) is 10.0 Å². The molecule has 2 N–H and O–H groups in total. The molecule has 1 aromatic carbocycles. The van der Waals surface area contributed by atoms with Crippen molar-refractivity contribution < 1.29 is 12.8 Å². The lowest BCUT2D eigenvalue weighted by molar-refractivity contribution is 0.572. The van der Waals surface area contributed by atoms with Crippen LogP contribution < -0.4 is 10.0 Å². The van der Waals surface area contributed by atoms with Gasteiger partial charge >= 0.3 is 0 Å². The minimum atomic E-state index is -3.62. The fourth-order valence-corrected chi connectivity index (χ4v) is 3.59. The summed E-state index contributed by atoms with van der Waals surface area (Å²) in [6, 6.07) is 2.98. The van der Waals surface area contributed by atoms with Gasteiger partial charge in [0.05, 0.1) is 4.90 Å². The molecule has 0 amide bonds. The number of benzene rings is 1. The second kappa shape index (κ2) is 6.20. The first-order chi connectivity index (χ1) is 9.44. The fraction of sp³-hybridized carbons (Fsp3) is 0.571. The van der Waals surface area contributed by atoms with Crippen LogP contribution in [0, 0.1) is 12.7 Å². The molecule has 1 fully saturated rings.